The van der Waals surface area contributed by atoms with Crippen molar-refractivity contribution in [3.8, 4) is 28.4 Å². The summed E-state index contributed by atoms with van der Waals surface area (Å²) in [5, 5.41) is 7.43. The molecule has 0 saturated carbocycles. The smallest absolute Gasteiger partial charge is 0.166 e. The molecule has 0 bridgehead atoms. The molecule has 1 fully saturated rings. The van der Waals surface area contributed by atoms with Crippen LogP contribution in [0, 0.1) is 5.82 Å². The van der Waals surface area contributed by atoms with Crippen LogP contribution < -0.4 is 4.74 Å². The zero-order valence-electron chi connectivity index (χ0n) is 18.2. The average Bonchev–Trinajstić information content (AvgIpc) is 3.24. The number of likely N-dealkylation sites (N-methyl/N-ethyl adjacent to an activating group) is 1. The van der Waals surface area contributed by atoms with Gasteiger partial charge in [0, 0.05) is 38.3 Å². The molecule has 8 heteroatoms. The van der Waals surface area contributed by atoms with Crippen LogP contribution in [0.2, 0.25) is 0 Å². The Morgan fingerprint density at radius 3 is 2.59 bits per heavy atom. The Kier molecular flexibility index (Phi) is 5.55. The standard InChI is InChI=1S/C24H25FN6O/c1-30-10-12-31(13-11-30)15-16-6-8-17(9-7-16)22-23-19(28-29-22)14-26-24(27-23)21-18(25)4-3-5-20(21)32-2/h3-9,14H,10-13,15H2,1-2H3,(H,28,29). The van der Waals surface area contributed by atoms with E-state index >= 15 is 0 Å². The van der Waals surface area contributed by atoms with Gasteiger partial charge >= 0.3 is 0 Å². The molecular formula is C24H25FN6O. The van der Waals surface area contributed by atoms with Crippen LogP contribution in [0.3, 0.4) is 0 Å². The SMILES string of the molecule is COc1cccc(F)c1-c1ncc2[nH]nc(-c3ccc(CN4CCN(C)CC4)cc3)c2n1. The number of nitrogens with zero attached hydrogens (tertiary/aromatic N) is 5. The predicted molar refractivity (Wildman–Crippen MR) is 122 cm³/mol. The maximum Gasteiger partial charge on any atom is 0.166 e. The topological polar surface area (TPSA) is 70.2 Å². The first-order chi connectivity index (χ1) is 15.6. The van der Waals surface area contributed by atoms with E-state index in [9.17, 15) is 4.39 Å². The highest BCUT2D eigenvalue weighted by Gasteiger charge is 2.18. The van der Waals surface area contributed by atoms with Crippen molar-refractivity contribution >= 4 is 11.0 Å². The monoisotopic (exact) mass is 432 g/mol. The number of piperazine rings is 1. The van der Waals surface area contributed by atoms with Gasteiger partial charge in [0.15, 0.2) is 5.82 Å². The van der Waals surface area contributed by atoms with Gasteiger partial charge < -0.3 is 9.64 Å². The number of aromatic nitrogens is 4. The summed E-state index contributed by atoms with van der Waals surface area (Å²) in [6.45, 7) is 5.32. The van der Waals surface area contributed by atoms with Crippen molar-refractivity contribution in [2.75, 3.05) is 40.3 Å². The number of rotatable bonds is 5. The lowest BCUT2D eigenvalue weighted by Gasteiger charge is -2.32. The minimum Gasteiger partial charge on any atom is -0.496 e. The lowest BCUT2D eigenvalue weighted by molar-refractivity contribution is 0.148. The van der Waals surface area contributed by atoms with Crippen LogP contribution in [-0.2, 0) is 6.54 Å². The molecule has 0 aliphatic carbocycles. The van der Waals surface area contributed by atoms with Crippen LogP contribution in [0.15, 0.2) is 48.7 Å². The molecule has 0 spiro atoms. The van der Waals surface area contributed by atoms with Crippen molar-refractivity contribution in [3.05, 3.63) is 60.0 Å². The van der Waals surface area contributed by atoms with Gasteiger partial charge in [-0.25, -0.2) is 14.4 Å². The molecule has 3 heterocycles. The van der Waals surface area contributed by atoms with Gasteiger partial charge in [0.25, 0.3) is 0 Å². The molecule has 0 unspecified atom stereocenters. The number of fused-ring (bicyclic) bond motifs is 1. The fourth-order valence-electron chi connectivity index (χ4n) is 4.06. The summed E-state index contributed by atoms with van der Waals surface area (Å²) in [5.74, 6) is 0.228. The highest BCUT2D eigenvalue weighted by atomic mass is 19.1. The fourth-order valence-corrected chi connectivity index (χ4v) is 4.06. The van der Waals surface area contributed by atoms with Gasteiger partial charge in [-0.3, -0.25) is 10.00 Å². The van der Waals surface area contributed by atoms with Crippen LogP contribution in [0.25, 0.3) is 33.7 Å². The van der Waals surface area contributed by atoms with Crippen LogP contribution >= 0.6 is 0 Å². The third kappa shape index (κ3) is 3.94. The minimum atomic E-state index is -0.429. The van der Waals surface area contributed by atoms with Gasteiger partial charge in [-0.15, -0.1) is 0 Å². The van der Waals surface area contributed by atoms with Crippen LogP contribution in [0.4, 0.5) is 4.39 Å². The number of H-pyrrole nitrogens is 1. The normalized spacial score (nSPS) is 15.3. The molecular weight excluding hydrogens is 407 g/mol. The lowest BCUT2D eigenvalue weighted by atomic mass is 10.1. The average molecular weight is 433 g/mol. The minimum absolute atomic E-state index is 0.242. The van der Waals surface area contributed by atoms with Gasteiger partial charge in [0.1, 0.15) is 28.3 Å². The van der Waals surface area contributed by atoms with E-state index in [-0.39, 0.29) is 11.4 Å². The number of hydrogen-bond acceptors (Lipinski definition) is 6. The molecule has 4 aromatic rings. The van der Waals surface area contributed by atoms with E-state index < -0.39 is 5.82 Å². The van der Waals surface area contributed by atoms with Crippen LogP contribution in [0.1, 0.15) is 5.56 Å². The first kappa shape index (κ1) is 20.5. The highest BCUT2D eigenvalue weighted by Crippen LogP contribution is 2.32. The van der Waals surface area contributed by atoms with E-state index in [1.54, 1.807) is 18.3 Å². The van der Waals surface area contributed by atoms with E-state index in [1.807, 2.05) is 0 Å². The summed E-state index contributed by atoms with van der Waals surface area (Å²) >= 11 is 0. The maximum atomic E-state index is 14.5. The Bertz CT molecular complexity index is 1230. The molecule has 0 atom stereocenters. The largest absolute Gasteiger partial charge is 0.496 e. The number of benzene rings is 2. The van der Waals surface area contributed by atoms with Gasteiger partial charge in [0.05, 0.1) is 18.9 Å². The molecule has 5 rings (SSSR count). The first-order valence-corrected chi connectivity index (χ1v) is 10.7. The van der Waals surface area contributed by atoms with Crippen LogP contribution in [0.5, 0.6) is 5.75 Å². The second-order valence-electron chi connectivity index (χ2n) is 8.12. The number of aromatic amines is 1. The Morgan fingerprint density at radius 1 is 1.06 bits per heavy atom. The molecule has 0 radical (unpaired) electrons. The first-order valence-electron chi connectivity index (χ1n) is 10.7. The summed E-state index contributed by atoms with van der Waals surface area (Å²) in [7, 11) is 3.67. The van der Waals surface area contributed by atoms with E-state index in [1.165, 1.54) is 18.7 Å². The van der Waals surface area contributed by atoms with Crippen molar-refractivity contribution in [1.82, 2.24) is 30.0 Å². The number of ether oxygens (including phenoxy) is 1. The summed E-state index contributed by atoms with van der Waals surface area (Å²) in [4.78, 5) is 13.8. The van der Waals surface area contributed by atoms with Crippen molar-refractivity contribution in [2.24, 2.45) is 0 Å². The molecule has 32 heavy (non-hydrogen) atoms. The molecule has 164 valence electrons. The van der Waals surface area contributed by atoms with E-state index in [2.05, 4.69) is 61.3 Å². The number of hydrogen-bond donors (Lipinski definition) is 1. The molecule has 1 aliphatic rings. The number of methoxy groups -OCH3 is 1. The van der Waals surface area contributed by atoms with Crippen molar-refractivity contribution < 1.29 is 9.13 Å². The van der Waals surface area contributed by atoms with Crippen molar-refractivity contribution in [3.63, 3.8) is 0 Å². The molecule has 1 saturated heterocycles. The Hall–Kier alpha value is -3.36. The lowest BCUT2D eigenvalue weighted by Crippen LogP contribution is -2.43. The predicted octanol–water partition coefficient (Wildman–Crippen LogP) is 3.58. The maximum absolute atomic E-state index is 14.5. The number of halogens is 1. The van der Waals surface area contributed by atoms with Gasteiger partial charge in [-0.2, -0.15) is 5.10 Å². The Labute approximate surface area is 185 Å². The summed E-state index contributed by atoms with van der Waals surface area (Å²) in [6, 6.07) is 13.1. The highest BCUT2D eigenvalue weighted by molar-refractivity contribution is 5.90. The third-order valence-corrected chi connectivity index (χ3v) is 5.95. The van der Waals surface area contributed by atoms with Crippen molar-refractivity contribution in [2.45, 2.75) is 6.54 Å². The number of nitrogens with one attached hydrogen (secondary N) is 1. The summed E-state index contributed by atoms with van der Waals surface area (Å²) < 4.78 is 19.9. The molecule has 1 N–H and O–H groups in total. The van der Waals surface area contributed by atoms with E-state index in [0.717, 1.165) is 38.3 Å². The molecule has 2 aromatic heterocycles. The second-order valence-corrected chi connectivity index (χ2v) is 8.12. The summed E-state index contributed by atoms with van der Waals surface area (Å²) in [6.07, 6.45) is 1.63. The van der Waals surface area contributed by atoms with Crippen molar-refractivity contribution in [1.29, 1.82) is 0 Å². The second kappa shape index (κ2) is 8.64. The van der Waals surface area contributed by atoms with E-state index in [4.69, 9.17) is 4.74 Å². The van der Waals surface area contributed by atoms with Gasteiger partial charge in [-0.1, -0.05) is 30.3 Å². The van der Waals surface area contributed by atoms with Gasteiger partial charge in [0.2, 0.25) is 0 Å². The fraction of sp³-hybridized carbons (Fsp3) is 0.292. The third-order valence-electron chi connectivity index (χ3n) is 5.95. The molecule has 7 nitrogen and oxygen atoms in total. The molecule has 1 aliphatic heterocycles. The Morgan fingerprint density at radius 2 is 1.84 bits per heavy atom. The summed E-state index contributed by atoms with van der Waals surface area (Å²) in [5.41, 5.74) is 4.51. The zero-order valence-corrected chi connectivity index (χ0v) is 18.2. The Balaban J connectivity index is 1.44. The van der Waals surface area contributed by atoms with Gasteiger partial charge in [-0.05, 0) is 24.7 Å². The van der Waals surface area contributed by atoms with Crippen LogP contribution in [-0.4, -0.2) is 70.3 Å². The molecule has 0 amide bonds. The van der Waals surface area contributed by atoms with E-state index in [0.29, 0.717) is 22.5 Å². The molecule has 2 aromatic carbocycles. The quantitative estimate of drug-likeness (QED) is 0.520. The zero-order chi connectivity index (χ0) is 22.1.